The highest BCUT2D eigenvalue weighted by Crippen LogP contribution is 2.43. The van der Waals surface area contributed by atoms with Crippen LogP contribution in [-0.4, -0.2) is 26.2 Å². The summed E-state index contributed by atoms with van der Waals surface area (Å²) in [7, 11) is 0. The molecule has 0 fully saturated rings. The molecule has 0 unspecified atom stereocenters. The third-order valence-electron chi connectivity index (χ3n) is 2.73. The normalized spacial score (nSPS) is 11.2. The van der Waals surface area contributed by atoms with E-state index in [4.69, 9.17) is 28.3 Å². The van der Waals surface area contributed by atoms with Crippen LogP contribution in [0.4, 0.5) is 0 Å². The summed E-state index contributed by atoms with van der Waals surface area (Å²) < 4.78 is 0.582. The Balaban J connectivity index is 2.20. The third kappa shape index (κ3) is 2.36. The Morgan fingerprint density at radius 3 is 2.52 bits per heavy atom. The summed E-state index contributed by atoms with van der Waals surface area (Å²) in [4.78, 5) is 20.1. The highest BCUT2D eigenvalue weighted by Gasteiger charge is 2.20. The van der Waals surface area contributed by atoms with Gasteiger partial charge in [-0.3, -0.25) is 0 Å². The van der Waals surface area contributed by atoms with Crippen molar-refractivity contribution < 1.29 is 15.0 Å². The number of phenolic OH excluding ortho intramolecular Hbond substituents is 1. The molecular weight excluding hydrogens is 355 g/mol. The summed E-state index contributed by atoms with van der Waals surface area (Å²) in [5.41, 5.74) is 0.550. The van der Waals surface area contributed by atoms with Gasteiger partial charge in [0.25, 0.3) is 0 Å². The van der Waals surface area contributed by atoms with Crippen LogP contribution >= 0.6 is 45.9 Å². The minimum atomic E-state index is -1.07. The average molecular weight is 361 g/mol. The predicted octanol–water partition coefficient (Wildman–Crippen LogP) is 4.44. The molecule has 0 aliphatic heterocycles. The maximum Gasteiger partial charge on any atom is 0.355 e. The van der Waals surface area contributed by atoms with Gasteiger partial charge in [0, 0.05) is 4.88 Å². The van der Waals surface area contributed by atoms with Crippen LogP contribution in [0.3, 0.4) is 0 Å². The van der Waals surface area contributed by atoms with Crippen LogP contribution in [0.1, 0.15) is 15.4 Å². The van der Waals surface area contributed by atoms with E-state index in [-0.39, 0.29) is 21.5 Å². The molecule has 2 heterocycles. The number of hydrogen-bond donors (Lipinski definition) is 2. The number of nitrogens with zero attached hydrogens (tertiary/aromatic N) is 2. The monoisotopic (exact) mass is 360 g/mol. The Morgan fingerprint density at radius 2 is 1.90 bits per heavy atom. The van der Waals surface area contributed by atoms with E-state index in [0.717, 1.165) is 0 Å². The first-order valence-corrected chi connectivity index (χ1v) is 7.96. The molecule has 2 aromatic heterocycles. The number of aromatic carboxylic acids is 1. The van der Waals surface area contributed by atoms with Crippen molar-refractivity contribution in [2.24, 2.45) is 0 Å². The van der Waals surface area contributed by atoms with Gasteiger partial charge in [0.15, 0.2) is 21.5 Å². The van der Waals surface area contributed by atoms with Crippen molar-refractivity contribution in [3.63, 3.8) is 0 Å². The zero-order chi connectivity index (χ0) is 15.3. The molecule has 9 heteroatoms. The Kier molecular flexibility index (Phi) is 3.53. The van der Waals surface area contributed by atoms with Crippen molar-refractivity contribution in [2.75, 3.05) is 0 Å². The number of aromatic hydroxyl groups is 1. The van der Waals surface area contributed by atoms with Crippen LogP contribution in [0.5, 0.6) is 5.75 Å². The molecule has 3 rings (SSSR count). The summed E-state index contributed by atoms with van der Waals surface area (Å²) >= 11 is 14.4. The quantitative estimate of drug-likeness (QED) is 0.705. The molecule has 0 amide bonds. The van der Waals surface area contributed by atoms with Crippen molar-refractivity contribution in [1.29, 1.82) is 0 Å². The lowest BCUT2D eigenvalue weighted by molar-refractivity contribution is 0.0690. The number of halogens is 2. The molecule has 3 aromatic rings. The molecule has 108 valence electrons. The number of phenols is 1. The molecule has 0 aliphatic carbocycles. The van der Waals surface area contributed by atoms with Gasteiger partial charge in [0.1, 0.15) is 5.02 Å². The van der Waals surface area contributed by atoms with Gasteiger partial charge in [-0.1, -0.05) is 23.2 Å². The minimum absolute atomic E-state index is 0.0150. The minimum Gasteiger partial charge on any atom is -0.505 e. The summed E-state index contributed by atoms with van der Waals surface area (Å²) in [6.45, 7) is 1.69. The lowest BCUT2D eigenvalue weighted by Gasteiger charge is -1.98. The second kappa shape index (κ2) is 5.10. The number of carboxylic acids is 1. The van der Waals surface area contributed by atoms with Crippen LogP contribution in [0.25, 0.3) is 20.2 Å². The van der Waals surface area contributed by atoms with Crippen molar-refractivity contribution in [3.8, 4) is 15.8 Å². The lowest BCUT2D eigenvalue weighted by Crippen LogP contribution is -1.98. The first-order valence-electron chi connectivity index (χ1n) is 5.57. The molecule has 1 aromatic carbocycles. The molecular formula is C12H6Cl2N2O3S2. The topological polar surface area (TPSA) is 83.3 Å². The van der Waals surface area contributed by atoms with Gasteiger partial charge in [-0.05, 0) is 13.0 Å². The third-order valence-corrected chi connectivity index (χ3v) is 5.70. The number of aromatic nitrogens is 2. The van der Waals surface area contributed by atoms with E-state index in [1.165, 1.54) is 28.7 Å². The Hall–Kier alpha value is -1.41. The molecule has 0 bridgehead atoms. The largest absolute Gasteiger partial charge is 0.505 e. The second-order valence-electron chi connectivity index (χ2n) is 4.12. The molecule has 5 nitrogen and oxygen atoms in total. The average Bonchev–Trinajstić information content (AvgIpc) is 2.99. The van der Waals surface area contributed by atoms with Crippen molar-refractivity contribution in [1.82, 2.24) is 9.97 Å². The lowest BCUT2D eigenvalue weighted by atomic mass is 10.3. The van der Waals surface area contributed by atoms with Crippen molar-refractivity contribution in [3.05, 3.63) is 26.7 Å². The number of hydrogen-bond acceptors (Lipinski definition) is 6. The highest BCUT2D eigenvalue weighted by molar-refractivity contribution is 7.25. The van der Waals surface area contributed by atoms with Gasteiger partial charge >= 0.3 is 5.97 Å². The predicted molar refractivity (Wildman–Crippen MR) is 84.1 cm³/mol. The molecule has 2 N–H and O–H groups in total. The van der Waals surface area contributed by atoms with E-state index in [1.807, 2.05) is 0 Å². The van der Waals surface area contributed by atoms with Crippen LogP contribution in [0.15, 0.2) is 6.07 Å². The van der Waals surface area contributed by atoms with Gasteiger partial charge in [0.2, 0.25) is 0 Å². The fourth-order valence-electron chi connectivity index (χ4n) is 1.77. The molecule has 0 atom stereocenters. The van der Waals surface area contributed by atoms with Crippen LogP contribution in [-0.2, 0) is 0 Å². The first kappa shape index (κ1) is 14.5. The second-order valence-corrected chi connectivity index (χ2v) is 7.10. The van der Waals surface area contributed by atoms with Gasteiger partial charge in [-0.2, -0.15) is 0 Å². The fourth-order valence-corrected chi connectivity index (χ4v) is 4.23. The molecule has 0 saturated heterocycles. The smallest absolute Gasteiger partial charge is 0.355 e. The Bertz CT molecular complexity index is 888. The number of carboxylic acid groups (broad SMARTS) is 1. The number of thiazole rings is 2. The van der Waals surface area contributed by atoms with Gasteiger partial charge in [-0.25, -0.2) is 14.8 Å². The Labute approximate surface area is 136 Å². The standard InChI is InChI=1S/C12H6Cl2N2O3S2/c1-3-7(12(18)19)16-11(20-3)10-15-5-2-4(13)8(17)6(14)9(5)21-10/h2,17H,1H3,(H,18,19). The summed E-state index contributed by atoms with van der Waals surface area (Å²) in [6, 6.07) is 1.51. The summed E-state index contributed by atoms with van der Waals surface area (Å²) in [6.07, 6.45) is 0. The number of fused-ring (bicyclic) bond motifs is 1. The van der Waals surface area contributed by atoms with Gasteiger partial charge in [0.05, 0.1) is 15.2 Å². The number of aryl methyl sites for hydroxylation is 1. The summed E-state index contributed by atoms with van der Waals surface area (Å²) in [5.74, 6) is -1.27. The van der Waals surface area contributed by atoms with E-state index in [2.05, 4.69) is 9.97 Å². The van der Waals surface area contributed by atoms with Crippen molar-refractivity contribution in [2.45, 2.75) is 6.92 Å². The molecule has 21 heavy (non-hydrogen) atoms. The number of carbonyl (C=O) groups is 1. The maximum atomic E-state index is 11.0. The Morgan fingerprint density at radius 1 is 1.24 bits per heavy atom. The molecule has 0 aliphatic rings. The highest BCUT2D eigenvalue weighted by atomic mass is 35.5. The molecule has 0 saturated carbocycles. The summed E-state index contributed by atoms with van der Waals surface area (Å²) in [5, 5.41) is 20.1. The first-order chi connectivity index (χ1) is 9.88. The van der Waals surface area contributed by atoms with Crippen LogP contribution in [0.2, 0.25) is 10.0 Å². The maximum absolute atomic E-state index is 11.0. The van der Waals surface area contributed by atoms with Gasteiger partial charge < -0.3 is 10.2 Å². The van der Waals surface area contributed by atoms with Crippen LogP contribution in [0, 0.1) is 6.92 Å². The van der Waals surface area contributed by atoms with Crippen molar-refractivity contribution >= 4 is 62.1 Å². The van der Waals surface area contributed by atoms with E-state index in [1.54, 1.807) is 6.92 Å². The van der Waals surface area contributed by atoms with E-state index in [9.17, 15) is 9.90 Å². The van der Waals surface area contributed by atoms with E-state index >= 15 is 0 Å². The fraction of sp³-hybridized carbons (Fsp3) is 0.0833. The van der Waals surface area contributed by atoms with E-state index < -0.39 is 5.97 Å². The van der Waals surface area contributed by atoms with Crippen LogP contribution < -0.4 is 0 Å². The van der Waals surface area contributed by atoms with Gasteiger partial charge in [-0.15, -0.1) is 22.7 Å². The zero-order valence-corrected chi connectivity index (χ0v) is 13.5. The molecule has 0 spiro atoms. The SMILES string of the molecule is Cc1sc(-c2nc3cc(Cl)c(O)c(Cl)c3s2)nc1C(=O)O. The zero-order valence-electron chi connectivity index (χ0n) is 10.3. The van der Waals surface area contributed by atoms with E-state index in [0.29, 0.717) is 25.1 Å². The molecule has 0 radical (unpaired) electrons. The number of rotatable bonds is 2. The number of benzene rings is 1.